The Morgan fingerprint density at radius 1 is 1.38 bits per heavy atom. The quantitative estimate of drug-likeness (QED) is 0.816. The Morgan fingerprint density at radius 3 is 2.86 bits per heavy atom. The van der Waals surface area contributed by atoms with Gasteiger partial charge >= 0.3 is 0 Å². The molecular weight excluding hydrogens is 304 g/mol. The van der Waals surface area contributed by atoms with Gasteiger partial charge in [-0.05, 0) is 55.7 Å². The first-order valence-electron chi connectivity index (χ1n) is 7.75. The largest absolute Gasteiger partial charge is 0.313 e. The monoisotopic (exact) mass is 330 g/mol. The minimum absolute atomic E-state index is 0.106. The topological polar surface area (TPSA) is 49.4 Å². The van der Waals surface area contributed by atoms with E-state index in [4.69, 9.17) is 0 Å². The van der Waals surface area contributed by atoms with Gasteiger partial charge in [0.2, 0.25) is 0 Å². The highest BCUT2D eigenvalue weighted by Crippen LogP contribution is 2.30. The number of hydrogen-bond donors (Lipinski definition) is 1. The van der Waals surface area contributed by atoms with Gasteiger partial charge in [-0.1, -0.05) is 13.8 Å². The molecule has 0 aromatic carbocycles. The van der Waals surface area contributed by atoms with Crippen molar-refractivity contribution in [2.45, 2.75) is 56.8 Å². The lowest BCUT2D eigenvalue weighted by Crippen LogP contribution is -2.44. The average molecular weight is 331 g/mol. The van der Waals surface area contributed by atoms with Crippen molar-refractivity contribution in [1.82, 2.24) is 9.62 Å². The third-order valence-electron chi connectivity index (χ3n) is 4.01. The minimum atomic E-state index is -3.33. The van der Waals surface area contributed by atoms with Crippen LogP contribution >= 0.6 is 11.3 Å². The van der Waals surface area contributed by atoms with Crippen LogP contribution in [0.3, 0.4) is 0 Å². The first-order valence-corrected chi connectivity index (χ1v) is 10.1. The number of nitrogens with zero attached hydrogens (tertiary/aromatic N) is 1. The van der Waals surface area contributed by atoms with Crippen molar-refractivity contribution >= 4 is 21.4 Å². The van der Waals surface area contributed by atoms with Gasteiger partial charge in [-0.3, -0.25) is 0 Å². The first-order chi connectivity index (χ1) is 9.95. The zero-order valence-electron chi connectivity index (χ0n) is 13.1. The summed E-state index contributed by atoms with van der Waals surface area (Å²) < 4.78 is 27.8. The highest BCUT2D eigenvalue weighted by molar-refractivity contribution is 7.91. The summed E-state index contributed by atoms with van der Waals surface area (Å²) in [7, 11) is -3.33. The maximum absolute atomic E-state index is 12.8. The Bertz CT molecular complexity index is 554. The van der Waals surface area contributed by atoms with Crippen LogP contribution in [-0.2, 0) is 16.6 Å². The number of nitrogens with one attached hydrogen (secondary N) is 1. The van der Waals surface area contributed by atoms with Crippen molar-refractivity contribution in [3.05, 3.63) is 17.0 Å². The Labute approximate surface area is 132 Å². The van der Waals surface area contributed by atoms with Crippen molar-refractivity contribution in [2.75, 3.05) is 13.1 Å². The molecule has 0 saturated carbocycles. The van der Waals surface area contributed by atoms with Crippen LogP contribution in [0.4, 0.5) is 0 Å². The number of sulfonamides is 1. The van der Waals surface area contributed by atoms with Gasteiger partial charge in [-0.25, -0.2) is 8.42 Å². The number of hydrogen-bond acceptors (Lipinski definition) is 4. The summed E-state index contributed by atoms with van der Waals surface area (Å²) in [6.07, 6.45) is 3.15. The van der Waals surface area contributed by atoms with E-state index in [0.29, 0.717) is 16.7 Å². The van der Waals surface area contributed by atoms with Crippen LogP contribution in [0.15, 0.2) is 15.7 Å². The third kappa shape index (κ3) is 4.06. The van der Waals surface area contributed by atoms with Crippen molar-refractivity contribution in [3.63, 3.8) is 0 Å². The predicted molar refractivity (Wildman–Crippen MR) is 88.1 cm³/mol. The number of thiophene rings is 1. The van der Waals surface area contributed by atoms with Crippen LogP contribution < -0.4 is 5.32 Å². The molecular formula is C15H26N2O2S2. The summed E-state index contributed by atoms with van der Waals surface area (Å²) in [4.78, 5) is 0. The van der Waals surface area contributed by atoms with Crippen molar-refractivity contribution < 1.29 is 8.42 Å². The second kappa shape index (κ2) is 7.22. The second-order valence-electron chi connectivity index (χ2n) is 6.06. The SMILES string of the molecule is CCCNCc1csc(S(=O)(=O)N2CC(C)CCC2C)c1. The fourth-order valence-electron chi connectivity index (χ4n) is 2.69. The summed E-state index contributed by atoms with van der Waals surface area (Å²) in [5.74, 6) is 0.446. The molecule has 0 radical (unpaired) electrons. The van der Waals surface area contributed by atoms with Crippen LogP contribution in [0.2, 0.25) is 0 Å². The van der Waals surface area contributed by atoms with Gasteiger partial charge in [0.05, 0.1) is 0 Å². The molecule has 1 N–H and O–H groups in total. The number of piperidine rings is 1. The summed E-state index contributed by atoms with van der Waals surface area (Å²) in [6.45, 7) is 8.61. The van der Waals surface area contributed by atoms with E-state index in [2.05, 4.69) is 19.2 Å². The zero-order valence-corrected chi connectivity index (χ0v) is 14.8. The molecule has 1 fully saturated rings. The molecule has 120 valence electrons. The molecule has 21 heavy (non-hydrogen) atoms. The molecule has 1 aliphatic heterocycles. The van der Waals surface area contributed by atoms with E-state index in [-0.39, 0.29) is 6.04 Å². The van der Waals surface area contributed by atoms with Gasteiger partial charge in [-0.15, -0.1) is 11.3 Å². The van der Waals surface area contributed by atoms with Gasteiger partial charge in [0.25, 0.3) is 10.0 Å². The van der Waals surface area contributed by atoms with Crippen molar-refractivity contribution in [1.29, 1.82) is 0 Å². The van der Waals surface area contributed by atoms with Crippen LogP contribution in [0, 0.1) is 5.92 Å². The van der Waals surface area contributed by atoms with E-state index < -0.39 is 10.0 Å². The van der Waals surface area contributed by atoms with E-state index >= 15 is 0 Å². The summed E-state index contributed by atoms with van der Waals surface area (Å²) in [6, 6.07) is 1.93. The van der Waals surface area contributed by atoms with Gasteiger partial charge in [-0.2, -0.15) is 4.31 Å². The normalized spacial score (nSPS) is 24.3. The summed E-state index contributed by atoms with van der Waals surface area (Å²) >= 11 is 1.34. The lowest BCUT2D eigenvalue weighted by molar-refractivity contribution is 0.218. The molecule has 2 unspecified atom stereocenters. The summed E-state index contributed by atoms with van der Waals surface area (Å²) in [5.41, 5.74) is 1.06. The molecule has 2 rings (SSSR count). The van der Waals surface area contributed by atoms with E-state index in [1.165, 1.54) is 11.3 Å². The van der Waals surface area contributed by atoms with Gasteiger partial charge in [0.1, 0.15) is 4.21 Å². The highest BCUT2D eigenvalue weighted by atomic mass is 32.2. The van der Waals surface area contributed by atoms with Crippen LogP contribution in [0.1, 0.15) is 45.6 Å². The molecule has 1 aromatic heterocycles. The molecule has 1 aliphatic rings. The molecule has 2 atom stereocenters. The van der Waals surface area contributed by atoms with Crippen molar-refractivity contribution in [3.8, 4) is 0 Å². The Morgan fingerprint density at radius 2 is 2.14 bits per heavy atom. The Balaban J connectivity index is 2.11. The lowest BCUT2D eigenvalue weighted by Gasteiger charge is -2.35. The van der Waals surface area contributed by atoms with Crippen LogP contribution in [0.5, 0.6) is 0 Å². The lowest BCUT2D eigenvalue weighted by atomic mass is 9.97. The first kappa shape index (κ1) is 16.9. The van der Waals surface area contributed by atoms with Gasteiger partial charge in [0, 0.05) is 19.1 Å². The van der Waals surface area contributed by atoms with Crippen molar-refractivity contribution in [2.24, 2.45) is 5.92 Å². The fourth-order valence-corrected chi connectivity index (χ4v) is 5.81. The maximum Gasteiger partial charge on any atom is 0.252 e. The minimum Gasteiger partial charge on any atom is -0.313 e. The van der Waals surface area contributed by atoms with E-state index in [0.717, 1.165) is 37.9 Å². The van der Waals surface area contributed by atoms with Crippen LogP contribution in [-0.4, -0.2) is 31.9 Å². The average Bonchev–Trinajstić information content (AvgIpc) is 2.91. The smallest absolute Gasteiger partial charge is 0.252 e. The predicted octanol–water partition coefficient (Wildman–Crippen LogP) is 3.06. The standard InChI is InChI=1S/C15H26N2O2S2/c1-4-7-16-9-14-8-15(20-11-14)21(18,19)17-10-12(2)5-6-13(17)3/h8,11-13,16H,4-7,9-10H2,1-3H3. The molecule has 0 spiro atoms. The number of rotatable bonds is 6. The molecule has 0 bridgehead atoms. The van der Waals surface area contributed by atoms with E-state index in [1.807, 2.05) is 18.4 Å². The molecule has 6 heteroatoms. The summed E-state index contributed by atoms with van der Waals surface area (Å²) in [5, 5.41) is 5.26. The van der Waals surface area contributed by atoms with E-state index in [9.17, 15) is 8.42 Å². The van der Waals surface area contributed by atoms with Gasteiger partial charge < -0.3 is 5.32 Å². The maximum atomic E-state index is 12.8. The van der Waals surface area contributed by atoms with E-state index in [1.54, 1.807) is 4.31 Å². The Hall–Kier alpha value is -0.430. The molecule has 0 amide bonds. The molecule has 0 aliphatic carbocycles. The third-order valence-corrected chi connectivity index (χ3v) is 7.45. The zero-order chi connectivity index (χ0) is 15.5. The Kier molecular flexibility index (Phi) is 5.82. The molecule has 1 aromatic rings. The second-order valence-corrected chi connectivity index (χ2v) is 9.09. The molecule has 4 nitrogen and oxygen atoms in total. The fraction of sp³-hybridized carbons (Fsp3) is 0.733. The molecule has 2 heterocycles. The molecule has 1 saturated heterocycles. The van der Waals surface area contributed by atoms with Crippen LogP contribution in [0.25, 0.3) is 0 Å². The highest BCUT2D eigenvalue weighted by Gasteiger charge is 2.34. The van der Waals surface area contributed by atoms with Gasteiger partial charge in [0.15, 0.2) is 0 Å².